The average molecular weight is 359 g/mol. The van der Waals surface area contributed by atoms with E-state index < -0.39 is 16.1 Å². The molecule has 1 N–H and O–H groups in total. The van der Waals surface area contributed by atoms with Gasteiger partial charge in [0.05, 0.1) is 11.0 Å². The van der Waals surface area contributed by atoms with Crippen molar-refractivity contribution in [1.29, 1.82) is 0 Å². The first-order valence-electron chi connectivity index (χ1n) is 8.80. The zero-order valence-corrected chi connectivity index (χ0v) is 15.3. The van der Waals surface area contributed by atoms with Crippen LogP contribution in [-0.4, -0.2) is 30.4 Å². The number of piperidine rings is 1. The quantitative estimate of drug-likeness (QED) is 0.886. The van der Waals surface area contributed by atoms with Crippen LogP contribution in [0.4, 0.5) is 0 Å². The summed E-state index contributed by atoms with van der Waals surface area (Å²) in [4.78, 5) is 0.333. The summed E-state index contributed by atoms with van der Waals surface area (Å²) in [5.41, 5.74) is 1.87. The molecule has 0 saturated carbocycles. The second-order valence-electron chi connectivity index (χ2n) is 6.74. The third-order valence-electron chi connectivity index (χ3n) is 4.88. The molecule has 3 rings (SSSR count). The Kier molecular flexibility index (Phi) is 5.57. The molecule has 0 aromatic heterocycles. The van der Waals surface area contributed by atoms with Gasteiger partial charge in [0.25, 0.3) is 0 Å². The van der Waals surface area contributed by atoms with Crippen LogP contribution in [0.2, 0.25) is 0 Å². The van der Waals surface area contributed by atoms with Crippen LogP contribution < -0.4 is 0 Å². The summed E-state index contributed by atoms with van der Waals surface area (Å²) in [6.45, 7) is 2.46. The predicted octanol–water partition coefficient (Wildman–Crippen LogP) is 3.66. The van der Waals surface area contributed by atoms with Crippen LogP contribution >= 0.6 is 0 Å². The molecule has 0 amide bonds. The highest BCUT2D eigenvalue weighted by atomic mass is 32.2. The molecule has 1 aliphatic rings. The van der Waals surface area contributed by atoms with E-state index in [0.717, 1.165) is 30.4 Å². The van der Waals surface area contributed by atoms with Crippen molar-refractivity contribution in [2.75, 3.05) is 6.54 Å². The van der Waals surface area contributed by atoms with Gasteiger partial charge in [-0.15, -0.1) is 0 Å². The van der Waals surface area contributed by atoms with Gasteiger partial charge in [-0.05, 0) is 43.9 Å². The smallest absolute Gasteiger partial charge is 0.243 e. The highest BCUT2D eigenvalue weighted by molar-refractivity contribution is 7.89. The first-order chi connectivity index (χ1) is 12.0. The molecule has 0 unspecified atom stereocenters. The molecule has 25 heavy (non-hydrogen) atoms. The zero-order valence-electron chi connectivity index (χ0n) is 14.5. The normalized spacial score (nSPS) is 20.3. The molecule has 2 aromatic carbocycles. The van der Waals surface area contributed by atoms with E-state index >= 15 is 0 Å². The number of aliphatic hydroxyl groups is 1. The van der Waals surface area contributed by atoms with Crippen molar-refractivity contribution in [1.82, 2.24) is 4.31 Å². The van der Waals surface area contributed by atoms with Gasteiger partial charge in [-0.25, -0.2) is 8.42 Å². The Balaban J connectivity index is 1.82. The average Bonchev–Trinajstić information content (AvgIpc) is 2.63. The Labute approximate surface area is 150 Å². The molecule has 0 radical (unpaired) electrons. The summed E-state index contributed by atoms with van der Waals surface area (Å²) in [5, 5.41) is 10.5. The van der Waals surface area contributed by atoms with E-state index in [4.69, 9.17) is 0 Å². The molecule has 0 bridgehead atoms. The molecule has 0 aliphatic carbocycles. The van der Waals surface area contributed by atoms with E-state index in [9.17, 15) is 13.5 Å². The molecule has 1 fully saturated rings. The summed E-state index contributed by atoms with van der Waals surface area (Å²) >= 11 is 0. The van der Waals surface area contributed by atoms with Crippen molar-refractivity contribution in [3.8, 4) is 0 Å². The van der Waals surface area contributed by atoms with E-state index in [1.165, 1.54) is 0 Å². The fraction of sp³-hybridized carbons (Fsp3) is 0.400. The number of aliphatic hydroxyl groups excluding tert-OH is 1. The molecule has 1 saturated heterocycles. The van der Waals surface area contributed by atoms with Gasteiger partial charge in [-0.3, -0.25) is 0 Å². The molecular weight excluding hydrogens is 334 g/mol. The molecule has 1 aliphatic heterocycles. The maximum Gasteiger partial charge on any atom is 0.243 e. The van der Waals surface area contributed by atoms with E-state index in [1.54, 1.807) is 16.4 Å². The fourth-order valence-corrected chi connectivity index (χ4v) is 5.14. The Hall–Kier alpha value is -1.69. The van der Waals surface area contributed by atoms with Gasteiger partial charge >= 0.3 is 0 Å². The highest BCUT2D eigenvalue weighted by Crippen LogP contribution is 2.31. The standard InChI is InChI=1S/C20H25NO3S/c1-16-10-12-19(13-11-16)25(23,24)21-14-6-5-9-18(21)15-20(22)17-7-3-2-4-8-17/h2-4,7-8,10-13,18,20,22H,5-6,9,14-15H2,1H3/t18-,20-/m1/s1. The minimum atomic E-state index is -3.53. The summed E-state index contributed by atoms with van der Waals surface area (Å²) in [7, 11) is -3.53. The van der Waals surface area contributed by atoms with Gasteiger partial charge in [0.1, 0.15) is 0 Å². The minimum Gasteiger partial charge on any atom is -0.388 e. The molecule has 2 atom stereocenters. The second-order valence-corrected chi connectivity index (χ2v) is 8.63. The number of benzene rings is 2. The molecule has 1 heterocycles. The monoisotopic (exact) mass is 359 g/mol. The van der Waals surface area contributed by atoms with Gasteiger partial charge in [0, 0.05) is 12.6 Å². The van der Waals surface area contributed by atoms with Crippen LogP contribution in [0.15, 0.2) is 59.5 Å². The molecule has 2 aromatic rings. The lowest BCUT2D eigenvalue weighted by Gasteiger charge is -2.35. The molecule has 5 heteroatoms. The van der Waals surface area contributed by atoms with E-state index in [0.29, 0.717) is 17.9 Å². The van der Waals surface area contributed by atoms with Gasteiger partial charge in [0.15, 0.2) is 0 Å². The molecule has 0 spiro atoms. The van der Waals surface area contributed by atoms with Gasteiger partial charge in [-0.2, -0.15) is 4.31 Å². The Morgan fingerprint density at radius 2 is 1.76 bits per heavy atom. The van der Waals surface area contributed by atoms with E-state index in [2.05, 4.69) is 0 Å². The Morgan fingerprint density at radius 3 is 2.44 bits per heavy atom. The van der Waals surface area contributed by atoms with Crippen LogP contribution in [0.1, 0.15) is 42.9 Å². The number of hydrogen-bond donors (Lipinski definition) is 1. The van der Waals surface area contributed by atoms with Gasteiger partial charge < -0.3 is 5.11 Å². The van der Waals surface area contributed by atoms with E-state index in [1.807, 2.05) is 49.4 Å². The number of nitrogens with zero attached hydrogens (tertiary/aromatic N) is 1. The summed E-state index contributed by atoms with van der Waals surface area (Å²) in [5.74, 6) is 0. The van der Waals surface area contributed by atoms with Crippen molar-refractivity contribution in [2.24, 2.45) is 0 Å². The van der Waals surface area contributed by atoms with Gasteiger partial charge in [0.2, 0.25) is 10.0 Å². The van der Waals surface area contributed by atoms with Crippen LogP contribution in [0.25, 0.3) is 0 Å². The maximum atomic E-state index is 13.1. The molecule has 4 nitrogen and oxygen atoms in total. The Bertz CT molecular complexity index is 787. The van der Waals surface area contributed by atoms with Crippen molar-refractivity contribution < 1.29 is 13.5 Å². The van der Waals surface area contributed by atoms with E-state index in [-0.39, 0.29) is 6.04 Å². The van der Waals surface area contributed by atoms with Crippen LogP contribution in [0, 0.1) is 6.92 Å². The van der Waals surface area contributed by atoms with Crippen LogP contribution in [0.3, 0.4) is 0 Å². The topological polar surface area (TPSA) is 57.6 Å². The summed E-state index contributed by atoms with van der Waals surface area (Å²) in [6, 6.07) is 16.3. The molecular formula is C20H25NO3S. The largest absolute Gasteiger partial charge is 0.388 e. The first-order valence-corrected chi connectivity index (χ1v) is 10.2. The third kappa shape index (κ3) is 4.11. The van der Waals surface area contributed by atoms with Crippen molar-refractivity contribution in [3.05, 3.63) is 65.7 Å². The predicted molar refractivity (Wildman–Crippen MR) is 98.7 cm³/mol. The lowest BCUT2D eigenvalue weighted by atomic mass is 9.96. The number of rotatable bonds is 5. The van der Waals surface area contributed by atoms with Crippen molar-refractivity contribution >= 4 is 10.0 Å². The summed E-state index contributed by atoms with van der Waals surface area (Å²) < 4.78 is 27.7. The van der Waals surface area contributed by atoms with Gasteiger partial charge in [-0.1, -0.05) is 54.4 Å². The zero-order chi connectivity index (χ0) is 17.9. The fourth-order valence-electron chi connectivity index (χ4n) is 3.44. The SMILES string of the molecule is Cc1ccc(S(=O)(=O)N2CCCC[C@@H]2C[C@@H](O)c2ccccc2)cc1. The first kappa shape index (κ1) is 18.1. The van der Waals surface area contributed by atoms with Crippen molar-refractivity contribution in [3.63, 3.8) is 0 Å². The maximum absolute atomic E-state index is 13.1. The number of hydrogen-bond acceptors (Lipinski definition) is 3. The minimum absolute atomic E-state index is 0.171. The van der Waals surface area contributed by atoms with Crippen LogP contribution in [-0.2, 0) is 10.0 Å². The second kappa shape index (κ2) is 7.68. The lowest BCUT2D eigenvalue weighted by molar-refractivity contribution is 0.118. The highest BCUT2D eigenvalue weighted by Gasteiger charge is 2.34. The number of sulfonamides is 1. The number of aryl methyl sites for hydroxylation is 1. The third-order valence-corrected chi connectivity index (χ3v) is 6.85. The Morgan fingerprint density at radius 1 is 1.08 bits per heavy atom. The lowest BCUT2D eigenvalue weighted by Crippen LogP contribution is -2.44. The summed E-state index contributed by atoms with van der Waals surface area (Å²) in [6.07, 6.45) is 2.42. The van der Waals surface area contributed by atoms with Crippen molar-refractivity contribution in [2.45, 2.75) is 49.6 Å². The van der Waals surface area contributed by atoms with Crippen LogP contribution in [0.5, 0.6) is 0 Å². The molecule has 134 valence electrons.